The van der Waals surface area contributed by atoms with Crippen LogP contribution < -0.4 is 0 Å². The second-order valence-corrected chi connectivity index (χ2v) is 4.49. The normalized spacial score (nSPS) is 15.7. The maximum Gasteiger partial charge on any atom is 0.274 e. The summed E-state index contributed by atoms with van der Waals surface area (Å²) in [5, 5.41) is 5.31. The molecule has 0 saturated carbocycles. The molecule has 4 nitrogen and oxygen atoms in total. The Balaban J connectivity index is 2.08. The van der Waals surface area contributed by atoms with E-state index in [4.69, 9.17) is 0 Å². The second-order valence-electron chi connectivity index (χ2n) is 4.49. The van der Waals surface area contributed by atoms with Crippen LogP contribution in [-0.2, 0) is 7.05 Å². The van der Waals surface area contributed by atoms with Gasteiger partial charge in [0.15, 0.2) is 5.69 Å². The zero-order valence-electron chi connectivity index (χ0n) is 9.89. The Bertz CT molecular complexity index is 567. The van der Waals surface area contributed by atoms with Crippen molar-refractivity contribution in [2.24, 2.45) is 7.05 Å². The van der Waals surface area contributed by atoms with Crippen LogP contribution in [0.5, 0.6) is 0 Å². The molecule has 2 aromatic rings. The summed E-state index contributed by atoms with van der Waals surface area (Å²) < 4.78 is 1.78. The third kappa shape index (κ3) is 1.60. The largest absolute Gasteiger partial charge is 0.337 e. The Morgan fingerprint density at radius 3 is 2.71 bits per heavy atom. The number of hydrogen-bond donors (Lipinski definition) is 0. The predicted octanol–water partition coefficient (Wildman–Crippen LogP) is 1.81. The molecule has 0 bridgehead atoms. The molecule has 0 unspecified atom stereocenters. The molecule has 0 aliphatic carbocycles. The van der Waals surface area contributed by atoms with Crippen molar-refractivity contribution in [3.8, 4) is 0 Å². The first-order valence-electron chi connectivity index (χ1n) is 5.98. The topological polar surface area (TPSA) is 38.1 Å². The number of aromatic nitrogens is 2. The highest BCUT2D eigenvalue weighted by molar-refractivity contribution is 6.04. The number of nitrogens with zero attached hydrogens (tertiary/aromatic N) is 3. The molecule has 0 spiro atoms. The number of likely N-dealkylation sites (tertiary alicyclic amines) is 1. The lowest BCUT2D eigenvalue weighted by Gasteiger charge is -2.13. The number of para-hydroxylation sites is 1. The lowest BCUT2D eigenvalue weighted by Crippen LogP contribution is -2.28. The van der Waals surface area contributed by atoms with E-state index < -0.39 is 0 Å². The van der Waals surface area contributed by atoms with E-state index >= 15 is 0 Å². The smallest absolute Gasteiger partial charge is 0.274 e. The van der Waals surface area contributed by atoms with Gasteiger partial charge in [0.2, 0.25) is 0 Å². The lowest BCUT2D eigenvalue weighted by molar-refractivity contribution is 0.0788. The van der Waals surface area contributed by atoms with Gasteiger partial charge in [-0.05, 0) is 18.9 Å². The molecule has 0 atom stereocenters. The van der Waals surface area contributed by atoms with Gasteiger partial charge in [0.1, 0.15) is 0 Å². The molecule has 1 amide bonds. The van der Waals surface area contributed by atoms with Gasteiger partial charge in [0.05, 0.1) is 5.52 Å². The number of aryl methyl sites for hydroxylation is 1. The minimum absolute atomic E-state index is 0.0688. The van der Waals surface area contributed by atoms with Crippen LogP contribution in [-0.4, -0.2) is 33.7 Å². The number of carbonyl (C=O) groups excluding carboxylic acids is 1. The summed E-state index contributed by atoms with van der Waals surface area (Å²) in [7, 11) is 1.88. The fourth-order valence-corrected chi connectivity index (χ4v) is 2.44. The lowest BCUT2D eigenvalue weighted by atomic mass is 10.2. The van der Waals surface area contributed by atoms with E-state index in [1.54, 1.807) is 4.68 Å². The molecule has 1 aromatic carbocycles. The summed E-state index contributed by atoms with van der Waals surface area (Å²) in [6, 6.07) is 7.87. The van der Waals surface area contributed by atoms with Crippen LogP contribution in [0.1, 0.15) is 23.3 Å². The maximum atomic E-state index is 12.3. The van der Waals surface area contributed by atoms with Gasteiger partial charge >= 0.3 is 0 Å². The molecule has 17 heavy (non-hydrogen) atoms. The third-order valence-electron chi connectivity index (χ3n) is 3.35. The number of fused-ring (bicyclic) bond motifs is 1. The fourth-order valence-electron chi connectivity index (χ4n) is 2.44. The van der Waals surface area contributed by atoms with Crippen molar-refractivity contribution < 1.29 is 4.79 Å². The van der Waals surface area contributed by atoms with Gasteiger partial charge in [-0.25, -0.2) is 0 Å². The van der Waals surface area contributed by atoms with Crippen molar-refractivity contribution in [3.63, 3.8) is 0 Å². The van der Waals surface area contributed by atoms with E-state index in [1.165, 1.54) is 0 Å². The molecule has 0 N–H and O–H groups in total. The van der Waals surface area contributed by atoms with E-state index in [-0.39, 0.29) is 5.91 Å². The van der Waals surface area contributed by atoms with Crippen LogP contribution >= 0.6 is 0 Å². The summed E-state index contributed by atoms with van der Waals surface area (Å²) in [5.41, 5.74) is 1.60. The monoisotopic (exact) mass is 229 g/mol. The van der Waals surface area contributed by atoms with Gasteiger partial charge in [-0.3, -0.25) is 9.48 Å². The van der Waals surface area contributed by atoms with Crippen LogP contribution in [0.2, 0.25) is 0 Å². The van der Waals surface area contributed by atoms with Crippen molar-refractivity contribution in [1.29, 1.82) is 0 Å². The Morgan fingerprint density at radius 2 is 1.94 bits per heavy atom. The Labute approximate surface area is 99.8 Å². The SMILES string of the molecule is Cn1nc(C(=O)N2CCCC2)c2ccccc21. The molecule has 3 rings (SSSR count). The van der Waals surface area contributed by atoms with Crippen molar-refractivity contribution in [2.45, 2.75) is 12.8 Å². The van der Waals surface area contributed by atoms with E-state index in [2.05, 4.69) is 5.10 Å². The first kappa shape index (κ1) is 10.3. The van der Waals surface area contributed by atoms with E-state index in [0.717, 1.165) is 36.8 Å². The predicted molar refractivity (Wildman–Crippen MR) is 65.9 cm³/mol. The molecule has 88 valence electrons. The van der Waals surface area contributed by atoms with Crippen LogP contribution in [0.4, 0.5) is 0 Å². The maximum absolute atomic E-state index is 12.3. The minimum atomic E-state index is 0.0688. The quantitative estimate of drug-likeness (QED) is 0.748. The molecule has 1 aromatic heterocycles. The zero-order valence-corrected chi connectivity index (χ0v) is 9.89. The molecular formula is C13H15N3O. The van der Waals surface area contributed by atoms with E-state index in [1.807, 2.05) is 36.2 Å². The van der Waals surface area contributed by atoms with Crippen LogP contribution in [0.25, 0.3) is 10.9 Å². The number of hydrogen-bond acceptors (Lipinski definition) is 2. The van der Waals surface area contributed by atoms with E-state index in [9.17, 15) is 4.79 Å². The first-order valence-corrected chi connectivity index (χ1v) is 5.98. The molecule has 1 fully saturated rings. The van der Waals surface area contributed by atoms with Crippen molar-refractivity contribution >= 4 is 16.8 Å². The van der Waals surface area contributed by atoms with Gasteiger partial charge in [-0.2, -0.15) is 5.10 Å². The number of carbonyl (C=O) groups is 1. The average molecular weight is 229 g/mol. The summed E-state index contributed by atoms with van der Waals surface area (Å²) in [6.07, 6.45) is 2.22. The van der Waals surface area contributed by atoms with Crippen LogP contribution in [0.15, 0.2) is 24.3 Å². The molecule has 1 aliphatic rings. The van der Waals surface area contributed by atoms with Crippen LogP contribution in [0.3, 0.4) is 0 Å². The Morgan fingerprint density at radius 1 is 1.24 bits per heavy atom. The summed E-state index contributed by atoms with van der Waals surface area (Å²) >= 11 is 0. The highest BCUT2D eigenvalue weighted by Gasteiger charge is 2.23. The highest BCUT2D eigenvalue weighted by Crippen LogP contribution is 2.20. The van der Waals surface area contributed by atoms with Crippen molar-refractivity contribution in [3.05, 3.63) is 30.0 Å². The van der Waals surface area contributed by atoms with Gasteiger partial charge in [0, 0.05) is 25.5 Å². The molecule has 1 aliphatic heterocycles. The fraction of sp³-hybridized carbons (Fsp3) is 0.385. The number of amides is 1. The second kappa shape index (κ2) is 3.87. The number of benzene rings is 1. The average Bonchev–Trinajstić information content (AvgIpc) is 2.97. The molecule has 4 heteroatoms. The molecule has 2 heterocycles. The third-order valence-corrected chi connectivity index (χ3v) is 3.35. The number of rotatable bonds is 1. The molecule has 0 radical (unpaired) electrons. The Kier molecular flexibility index (Phi) is 2.35. The molecule has 1 saturated heterocycles. The highest BCUT2D eigenvalue weighted by atomic mass is 16.2. The zero-order chi connectivity index (χ0) is 11.8. The van der Waals surface area contributed by atoms with Gasteiger partial charge < -0.3 is 4.90 Å². The van der Waals surface area contributed by atoms with Crippen LogP contribution in [0, 0.1) is 0 Å². The van der Waals surface area contributed by atoms with Crippen molar-refractivity contribution in [1.82, 2.24) is 14.7 Å². The summed E-state index contributed by atoms with van der Waals surface area (Å²) in [6.45, 7) is 1.73. The Hall–Kier alpha value is -1.84. The van der Waals surface area contributed by atoms with Gasteiger partial charge in [0.25, 0.3) is 5.91 Å². The molecular weight excluding hydrogens is 214 g/mol. The summed E-state index contributed by atoms with van der Waals surface area (Å²) in [5.74, 6) is 0.0688. The van der Waals surface area contributed by atoms with Gasteiger partial charge in [-0.1, -0.05) is 18.2 Å². The first-order chi connectivity index (χ1) is 8.27. The minimum Gasteiger partial charge on any atom is -0.337 e. The van der Waals surface area contributed by atoms with E-state index in [0.29, 0.717) is 5.69 Å². The summed E-state index contributed by atoms with van der Waals surface area (Å²) in [4.78, 5) is 14.2. The standard InChI is InChI=1S/C13H15N3O/c1-15-11-7-3-2-6-10(11)12(14-15)13(17)16-8-4-5-9-16/h2-3,6-7H,4-5,8-9H2,1H3. The van der Waals surface area contributed by atoms with Gasteiger partial charge in [-0.15, -0.1) is 0 Å². The van der Waals surface area contributed by atoms with Crippen molar-refractivity contribution in [2.75, 3.05) is 13.1 Å².